The summed E-state index contributed by atoms with van der Waals surface area (Å²) < 4.78 is 0. The molecule has 1 fully saturated rings. The Labute approximate surface area is 103 Å². The number of hydrogen-bond acceptors (Lipinski definition) is 3. The molecule has 0 aromatic carbocycles. The molecule has 1 amide bonds. The van der Waals surface area contributed by atoms with E-state index < -0.39 is 0 Å². The highest BCUT2D eigenvalue weighted by atomic mass is 35.5. The number of amides is 1. The second kappa shape index (κ2) is 8.25. The van der Waals surface area contributed by atoms with E-state index in [2.05, 4.69) is 5.32 Å². The highest BCUT2D eigenvalue weighted by Gasteiger charge is 2.20. The molecule has 0 radical (unpaired) electrons. The van der Waals surface area contributed by atoms with E-state index >= 15 is 0 Å². The fourth-order valence-corrected chi connectivity index (χ4v) is 2.56. The smallest absolute Gasteiger partial charge is 0.226 e. The number of carbonyl (C=O) groups is 1. The zero-order valence-corrected chi connectivity index (χ0v) is 11.1. The highest BCUT2D eigenvalue weighted by Crippen LogP contribution is 2.12. The SMILES string of the molecule is CNCC(C)C(=O)N1CCCSCC1.Cl. The molecule has 0 saturated carbocycles. The number of thioether (sulfide) groups is 1. The fourth-order valence-electron chi connectivity index (χ4n) is 1.67. The minimum atomic E-state index is 0. The number of hydrogen-bond donors (Lipinski definition) is 1. The van der Waals surface area contributed by atoms with E-state index in [1.54, 1.807) is 0 Å². The van der Waals surface area contributed by atoms with Gasteiger partial charge in [-0.25, -0.2) is 0 Å². The lowest BCUT2D eigenvalue weighted by atomic mass is 10.1. The van der Waals surface area contributed by atoms with E-state index in [0.717, 1.165) is 31.8 Å². The van der Waals surface area contributed by atoms with Crippen molar-refractivity contribution in [2.45, 2.75) is 13.3 Å². The zero-order valence-electron chi connectivity index (χ0n) is 9.49. The molecule has 1 N–H and O–H groups in total. The van der Waals surface area contributed by atoms with Crippen molar-refractivity contribution in [2.24, 2.45) is 5.92 Å². The molecule has 0 aliphatic carbocycles. The van der Waals surface area contributed by atoms with Crippen LogP contribution in [-0.4, -0.2) is 49.0 Å². The number of rotatable bonds is 3. The van der Waals surface area contributed by atoms with Gasteiger partial charge < -0.3 is 10.2 Å². The molecule has 0 aromatic heterocycles. The van der Waals surface area contributed by atoms with Crippen LogP contribution in [-0.2, 0) is 4.79 Å². The average Bonchev–Trinajstić information content (AvgIpc) is 2.45. The Bertz CT molecular complexity index is 184. The van der Waals surface area contributed by atoms with Gasteiger partial charge in [0.2, 0.25) is 5.91 Å². The van der Waals surface area contributed by atoms with Gasteiger partial charge in [-0.15, -0.1) is 12.4 Å². The van der Waals surface area contributed by atoms with Crippen molar-refractivity contribution in [3.8, 4) is 0 Å². The Kier molecular flexibility index (Phi) is 8.29. The summed E-state index contributed by atoms with van der Waals surface area (Å²) in [6, 6.07) is 0. The van der Waals surface area contributed by atoms with Gasteiger partial charge in [0.1, 0.15) is 0 Å². The van der Waals surface area contributed by atoms with Crippen LogP contribution in [0, 0.1) is 5.92 Å². The molecule has 15 heavy (non-hydrogen) atoms. The Hall–Kier alpha value is 0.0700. The molecule has 3 nitrogen and oxygen atoms in total. The van der Waals surface area contributed by atoms with E-state index in [1.807, 2.05) is 30.6 Å². The third kappa shape index (κ3) is 5.09. The molecule has 0 bridgehead atoms. The monoisotopic (exact) mass is 252 g/mol. The van der Waals surface area contributed by atoms with E-state index in [9.17, 15) is 4.79 Å². The van der Waals surface area contributed by atoms with Gasteiger partial charge >= 0.3 is 0 Å². The maximum atomic E-state index is 11.9. The first-order valence-electron chi connectivity index (χ1n) is 5.27. The van der Waals surface area contributed by atoms with Crippen LogP contribution >= 0.6 is 24.2 Å². The summed E-state index contributed by atoms with van der Waals surface area (Å²) in [6.45, 7) is 4.65. The van der Waals surface area contributed by atoms with E-state index in [-0.39, 0.29) is 18.3 Å². The number of nitrogens with one attached hydrogen (secondary N) is 1. The molecule has 1 rings (SSSR count). The highest BCUT2D eigenvalue weighted by molar-refractivity contribution is 7.99. The molecule has 1 atom stereocenters. The Morgan fingerprint density at radius 1 is 1.47 bits per heavy atom. The summed E-state index contributed by atoms with van der Waals surface area (Å²) in [5, 5.41) is 3.05. The third-order valence-electron chi connectivity index (χ3n) is 2.47. The minimum Gasteiger partial charge on any atom is -0.342 e. The molecule has 0 aromatic rings. The summed E-state index contributed by atoms with van der Waals surface area (Å²) in [6.07, 6.45) is 1.14. The minimum absolute atomic E-state index is 0. The first kappa shape index (κ1) is 15.1. The van der Waals surface area contributed by atoms with Crippen LogP contribution in [0.3, 0.4) is 0 Å². The lowest BCUT2D eigenvalue weighted by molar-refractivity contribution is -0.134. The molecule has 90 valence electrons. The standard InChI is InChI=1S/C10H20N2OS.ClH/c1-9(8-11-2)10(13)12-4-3-6-14-7-5-12;/h9,11H,3-8H2,1-2H3;1H. The summed E-state index contributed by atoms with van der Waals surface area (Å²) in [5.74, 6) is 2.72. The summed E-state index contributed by atoms with van der Waals surface area (Å²) in [7, 11) is 1.89. The number of halogens is 1. The van der Waals surface area contributed by atoms with E-state index in [4.69, 9.17) is 0 Å². The van der Waals surface area contributed by atoms with Gasteiger partial charge in [0, 0.05) is 31.3 Å². The van der Waals surface area contributed by atoms with Crippen molar-refractivity contribution in [2.75, 3.05) is 38.2 Å². The van der Waals surface area contributed by atoms with Crippen molar-refractivity contribution < 1.29 is 4.79 Å². The topological polar surface area (TPSA) is 32.3 Å². The average molecular weight is 253 g/mol. The van der Waals surface area contributed by atoms with Gasteiger partial charge in [-0.1, -0.05) is 6.92 Å². The normalized spacial score (nSPS) is 18.9. The second-order valence-corrected chi connectivity index (χ2v) is 4.97. The maximum absolute atomic E-state index is 11.9. The molecular formula is C10H21ClN2OS. The fraction of sp³-hybridized carbons (Fsp3) is 0.900. The lowest BCUT2D eigenvalue weighted by Crippen LogP contribution is -2.39. The van der Waals surface area contributed by atoms with Gasteiger partial charge in [-0.3, -0.25) is 4.79 Å². The van der Waals surface area contributed by atoms with Crippen molar-refractivity contribution in [1.29, 1.82) is 0 Å². The van der Waals surface area contributed by atoms with Crippen molar-refractivity contribution in [3.63, 3.8) is 0 Å². The quantitative estimate of drug-likeness (QED) is 0.820. The second-order valence-electron chi connectivity index (χ2n) is 3.75. The predicted octanol–water partition coefficient (Wildman–Crippen LogP) is 1.23. The van der Waals surface area contributed by atoms with Crippen LogP contribution in [0.15, 0.2) is 0 Å². The van der Waals surface area contributed by atoms with Gasteiger partial charge in [0.05, 0.1) is 0 Å². The van der Waals surface area contributed by atoms with E-state index in [0.29, 0.717) is 5.91 Å². The molecule has 1 heterocycles. The van der Waals surface area contributed by atoms with E-state index in [1.165, 1.54) is 5.75 Å². The van der Waals surface area contributed by atoms with Crippen LogP contribution in [0.25, 0.3) is 0 Å². The van der Waals surface area contributed by atoms with Crippen LogP contribution in [0.2, 0.25) is 0 Å². The first-order chi connectivity index (χ1) is 6.75. The van der Waals surface area contributed by atoms with Gasteiger partial charge in [-0.2, -0.15) is 11.8 Å². The summed E-state index contributed by atoms with van der Waals surface area (Å²) in [4.78, 5) is 13.9. The lowest BCUT2D eigenvalue weighted by Gasteiger charge is -2.23. The van der Waals surface area contributed by atoms with Crippen molar-refractivity contribution in [3.05, 3.63) is 0 Å². The Morgan fingerprint density at radius 2 is 2.20 bits per heavy atom. The van der Waals surface area contributed by atoms with Crippen molar-refractivity contribution >= 4 is 30.1 Å². The molecule has 5 heteroatoms. The molecule has 1 unspecified atom stereocenters. The van der Waals surface area contributed by atoms with Gasteiger partial charge in [0.15, 0.2) is 0 Å². The van der Waals surface area contributed by atoms with Gasteiger partial charge in [0.25, 0.3) is 0 Å². The van der Waals surface area contributed by atoms with Gasteiger partial charge in [-0.05, 0) is 19.2 Å². The molecule has 1 saturated heterocycles. The predicted molar refractivity (Wildman–Crippen MR) is 68.9 cm³/mol. The van der Waals surface area contributed by atoms with Crippen LogP contribution in [0.5, 0.6) is 0 Å². The van der Waals surface area contributed by atoms with Crippen molar-refractivity contribution in [1.82, 2.24) is 10.2 Å². The third-order valence-corrected chi connectivity index (χ3v) is 3.51. The molecular weight excluding hydrogens is 232 g/mol. The Morgan fingerprint density at radius 3 is 2.87 bits per heavy atom. The number of nitrogens with zero attached hydrogens (tertiary/aromatic N) is 1. The number of carbonyl (C=O) groups excluding carboxylic acids is 1. The molecule has 0 spiro atoms. The zero-order chi connectivity index (χ0) is 10.4. The van der Waals surface area contributed by atoms with Crippen LogP contribution in [0.4, 0.5) is 0 Å². The maximum Gasteiger partial charge on any atom is 0.226 e. The Balaban J connectivity index is 0.00000196. The molecule has 1 aliphatic rings. The summed E-state index contributed by atoms with van der Waals surface area (Å²) >= 11 is 1.95. The molecule has 1 aliphatic heterocycles. The van der Waals surface area contributed by atoms with Crippen LogP contribution < -0.4 is 5.32 Å². The largest absolute Gasteiger partial charge is 0.342 e. The first-order valence-corrected chi connectivity index (χ1v) is 6.42. The van der Waals surface area contributed by atoms with Crippen LogP contribution in [0.1, 0.15) is 13.3 Å². The summed E-state index contributed by atoms with van der Waals surface area (Å²) in [5.41, 5.74) is 0.